The van der Waals surface area contributed by atoms with Crippen LogP contribution in [0.25, 0.3) is 16.8 Å². The summed E-state index contributed by atoms with van der Waals surface area (Å²) in [5.74, 6) is -2.97. The van der Waals surface area contributed by atoms with Crippen LogP contribution < -0.4 is 4.57 Å². The Kier molecular flexibility index (Phi) is 6.64. The van der Waals surface area contributed by atoms with Crippen molar-refractivity contribution in [2.45, 2.75) is 19.1 Å². The molecule has 28 heavy (non-hydrogen) atoms. The molecule has 0 saturated heterocycles. The molecule has 0 unspecified atom stereocenters. The number of fused-ring (bicyclic) bond motifs is 1. The van der Waals surface area contributed by atoms with Gasteiger partial charge in [-0.05, 0) is 12.1 Å². The first-order chi connectivity index (χ1) is 13.2. The van der Waals surface area contributed by atoms with Crippen LogP contribution in [0.5, 0.6) is 0 Å². The molecule has 0 radical (unpaired) electrons. The van der Waals surface area contributed by atoms with Gasteiger partial charge in [0.05, 0.1) is 24.5 Å². The molecule has 0 atom stereocenters. The number of pyridine rings is 1. The number of rotatable bonds is 4. The number of carbonyl (C=O) groups excluding carboxylic acids is 1. The minimum absolute atomic E-state index is 0.114. The van der Waals surface area contributed by atoms with Crippen LogP contribution in [0.2, 0.25) is 0 Å². The first-order valence-corrected chi connectivity index (χ1v) is 7.86. The highest BCUT2D eigenvalue weighted by molar-refractivity contribution is 5.75. The first kappa shape index (κ1) is 20.8. The van der Waals surface area contributed by atoms with Gasteiger partial charge in [0.1, 0.15) is 12.7 Å². The number of esters is 1. The van der Waals surface area contributed by atoms with Crippen LogP contribution in [0.4, 0.5) is 13.2 Å². The number of alkyl halides is 3. The van der Waals surface area contributed by atoms with Gasteiger partial charge in [-0.3, -0.25) is 4.79 Å². The fraction of sp³-hybridized carbons (Fsp3) is 0.235. The summed E-state index contributed by atoms with van der Waals surface area (Å²) in [5.41, 5.74) is 2.77. The zero-order valence-electron chi connectivity index (χ0n) is 14.6. The summed E-state index contributed by atoms with van der Waals surface area (Å²) in [6.45, 7) is 0.462. The van der Waals surface area contributed by atoms with Crippen molar-refractivity contribution in [3.8, 4) is 11.3 Å². The van der Waals surface area contributed by atoms with E-state index < -0.39 is 18.1 Å². The third-order valence-corrected chi connectivity index (χ3v) is 3.46. The highest BCUT2D eigenvalue weighted by Crippen LogP contribution is 2.16. The van der Waals surface area contributed by atoms with Gasteiger partial charge < -0.3 is 9.84 Å². The van der Waals surface area contributed by atoms with Gasteiger partial charge in [-0.1, -0.05) is 0 Å². The third kappa shape index (κ3) is 5.76. The maximum absolute atomic E-state index is 11.0. The summed E-state index contributed by atoms with van der Waals surface area (Å²) >= 11 is 0. The summed E-state index contributed by atoms with van der Waals surface area (Å²) in [6, 6.07) is 7.74. The first-order valence-electron chi connectivity index (χ1n) is 7.86. The molecule has 0 aliphatic rings. The number of methoxy groups -OCH3 is 1. The molecule has 8 nitrogen and oxygen atoms in total. The lowest BCUT2D eigenvalue weighted by molar-refractivity contribution is -0.695. The van der Waals surface area contributed by atoms with Crippen LogP contribution in [0.3, 0.4) is 0 Å². The average molecular weight is 397 g/mol. The minimum atomic E-state index is -4.85. The van der Waals surface area contributed by atoms with Gasteiger partial charge in [-0.25, -0.2) is 18.9 Å². The largest absolute Gasteiger partial charge is 0.490 e. The normalized spacial score (nSPS) is 10.9. The number of hydrogen-bond donors (Lipinski definition) is 1. The highest BCUT2D eigenvalue weighted by atomic mass is 19.4. The van der Waals surface area contributed by atoms with E-state index >= 15 is 0 Å². The molecule has 0 aromatic carbocycles. The summed E-state index contributed by atoms with van der Waals surface area (Å²) in [4.78, 5) is 24.0. The smallest absolute Gasteiger partial charge is 0.481 e. The molecule has 0 bridgehead atoms. The monoisotopic (exact) mass is 397 g/mol. The minimum Gasteiger partial charge on any atom is -0.481 e. The van der Waals surface area contributed by atoms with Crippen LogP contribution in [0.1, 0.15) is 6.42 Å². The molecule has 148 valence electrons. The van der Waals surface area contributed by atoms with Crippen molar-refractivity contribution in [2.75, 3.05) is 7.11 Å². The maximum atomic E-state index is 11.0. The van der Waals surface area contributed by atoms with Gasteiger partial charge in [0, 0.05) is 17.7 Å². The number of carbonyl (C=O) groups is 2. The van der Waals surface area contributed by atoms with E-state index in [-0.39, 0.29) is 6.42 Å². The van der Waals surface area contributed by atoms with Crippen LogP contribution in [0.15, 0.2) is 49.2 Å². The highest BCUT2D eigenvalue weighted by Gasteiger charge is 2.40. The maximum Gasteiger partial charge on any atom is 0.490 e. The second-order valence-corrected chi connectivity index (χ2v) is 5.44. The lowest BCUT2D eigenvalue weighted by Gasteiger charge is -2.01. The van der Waals surface area contributed by atoms with E-state index in [1.807, 2.05) is 41.2 Å². The molecule has 0 spiro atoms. The molecule has 0 aliphatic carbocycles. The van der Waals surface area contributed by atoms with Gasteiger partial charge in [-0.15, -0.1) is 0 Å². The summed E-state index contributed by atoms with van der Waals surface area (Å²) < 4.78 is 39.8. The van der Waals surface area contributed by atoms with Crippen LogP contribution >= 0.6 is 0 Å². The predicted octanol–water partition coefficient (Wildman–Crippen LogP) is 1.88. The number of nitrogens with zero attached hydrogens (tertiary/aromatic N) is 4. The molecule has 0 fully saturated rings. The zero-order chi connectivity index (χ0) is 20.7. The number of ether oxygens (including phenoxy) is 1. The van der Waals surface area contributed by atoms with E-state index in [4.69, 9.17) is 5.11 Å². The lowest BCUT2D eigenvalue weighted by atomic mass is 10.2. The van der Waals surface area contributed by atoms with Gasteiger partial charge in [-0.2, -0.15) is 18.3 Å². The fourth-order valence-electron chi connectivity index (χ4n) is 2.09. The standard InChI is InChI=1S/C14H12N4O2.C3H3F3O2/c19-14(20)5-8-17-6-3-11(4-7-17)13-2-1-12-9-15-10-18(12)16-13;1-8-2(7)3(4,5)6/h1-4,6-7,9-10H,5,8H2;1H3/p+1. The Morgan fingerprint density at radius 3 is 2.43 bits per heavy atom. The Bertz CT molecular complexity index is 955. The fourth-order valence-corrected chi connectivity index (χ4v) is 2.09. The number of aromatic nitrogens is 4. The zero-order valence-corrected chi connectivity index (χ0v) is 14.6. The van der Waals surface area contributed by atoms with Crippen molar-refractivity contribution in [1.29, 1.82) is 0 Å². The number of hydrogen-bond acceptors (Lipinski definition) is 5. The Morgan fingerprint density at radius 2 is 1.89 bits per heavy atom. The molecule has 1 N–H and O–H groups in total. The predicted molar refractivity (Wildman–Crippen MR) is 88.9 cm³/mol. The van der Waals surface area contributed by atoms with E-state index in [0.29, 0.717) is 13.7 Å². The van der Waals surface area contributed by atoms with E-state index in [2.05, 4.69) is 14.8 Å². The van der Waals surface area contributed by atoms with Crippen molar-refractivity contribution in [2.24, 2.45) is 0 Å². The molecule has 3 aromatic heterocycles. The number of aliphatic carboxylic acids is 1. The van der Waals surface area contributed by atoms with Gasteiger partial charge in [0.2, 0.25) is 0 Å². The molecule has 11 heteroatoms. The summed E-state index contributed by atoms with van der Waals surface area (Å²) in [5, 5.41) is 13.1. The quantitative estimate of drug-likeness (QED) is 0.533. The van der Waals surface area contributed by atoms with E-state index in [1.54, 1.807) is 17.0 Å². The molecule has 3 rings (SSSR count). The second kappa shape index (κ2) is 8.93. The van der Waals surface area contributed by atoms with Crippen molar-refractivity contribution in [3.05, 3.63) is 49.2 Å². The molecular formula is C17H16F3N4O4+. The van der Waals surface area contributed by atoms with Crippen LogP contribution in [-0.4, -0.2) is 44.9 Å². The molecule has 0 amide bonds. The second-order valence-electron chi connectivity index (χ2n) is 5.44. The molecule has 0 aliphatic heterocycles. The van der Waals surface area contributed by atoms with Gasteiger partial charge in [0.25, 0.3) is 0 Å². The topological polar surface area (TPSA) is 97.7 Å². The number of carboxylic acids is 1. The van der Waals surface area contributed by atoms with Crippen molar-refractivity contribution >= 4 is 17.5 Å². The molecule has 3 aromatic rings. The van der Waals surface area contributed by atoms with Crippen LogP contribution in [-0.2, 0) is 20.9 Å². The van der Waals surface area contributed by atoms with Gasteiger partial charge >= 0.3 is 18.1 Å². The van der Waals surface area contributed by atoms with Gasteiger partial charge in [0.15, 0.2) is 18.9 Å². The Morgan fingerprint density at radius 1 is 1.21 bits per heavy atom. The average Bonchev–Trinajstić information content (AvgIpc) is 3.13. The Hall–Kier alpha value is -3.50. The van der Waals surface area contributed by atoms with Crippen molar-refractivity contribution < 1.29 is 37.2 Å². The Balaban J connectivity index is 0.000000300. The van der Waals surface area contributed by atoms with E-state index in [9.17, 15) is 22.8 Å². The number of halogens is 3. The number of carboxylic acid groups (broad SMARTS) is 1. The third-order valence-electron chi connectivity index (χ3n) is 3.46. The van der Waals surface area contributed by atoms with Crippen molar-refractivity contribution in [3.63, 3.8) is 0 Å². The number of imidazole rings is 1. The molecular weight excluding hydrogens is 381 g/mol. The van der Waals surface area contributed by atoms with E-state index in [0.717, 1.165) is 16.8 Å². The van der Waals surface area contributed by atoms with Crippen molar-refractivity contribution in [1.82, 2.24) is 14.6 Å². The van der Waals surface area contributed by atoms with Crippen LogP contribution in [0, 0.1) is 0 Å². The molecule has 3 heterocycles. The summed E-state index contributed by atoms with van der Waals surface area (Å²) in [7, 11) is 0.676. The molecule has 0 saturated carbocycles. The SMILES string of the molecule is COC(=O)C(F)(F)F.O=C(O)CC[n+]1ccc(-c2ccc3cncn3n2)cc1. The number of aryl methyl sites for hydroxylation is 1. The lowest BCUT2D eigenvalue weighted by Crippen LogP contribution is -2.33. The summed E-state index contributed by atoms with van der Waals surface area (Å²) in [6.07, 6.45) is 2.39. The Labute approximate surface area is 156 Å². The van der Waals surface area contributed by atoms with E-state index in [1.165, 1.54) is 0 Å².